The van der Waals surface area contributed by atoms with Crippen molar-refractivity contribution in [1.82, 2.24) is 15.1 Å². The number of nitrogens with zero attached hydrogens (tertiary/aromatic N) is 3. The van der Waals surface area contributed by atoms with E-state index in [0.717, 1.165) is 0 Å². The molecule has 1 aliphatic rings. The van der Waals surface area contributed by atoms with Crippen molar-refractivity contribution in [3.8, 4) is 5.75 Å². The first-order valence-electron chi connectivity index (χ1n) is 10.9. The fourth-order valence-corrected chi connectivity index (χ4v) is 3.76. The Hall–Kier alpha value is -3.40. The molecule has 1 aromatic carbocycles. The summed E-state index contributed by atoms with van der Waals surface area (Å²) in [5, 5.41) is 7.14. The van der Waals surface area contributed by atoms with Crippen LogP contribution in [0.5, 0.6) is 5.75 Å². The van der Waals surface area contributed by atoms with Gasteiger partial charge in [-0.1, -0.05) is 0 Å². The van der Waals surface area contributed by atoms with E-state index in [2.05, 4.69) is 10.4 Å². The van der Waals surface area contributed by atoms with Crippen molar-refractivity contribution in [2.24, 2.45) is 0 Å². The minimum absolute atomic E-state index is 0.0246. The summed E-state index contributed by atoms with van der Waals surface area (Å²) in [6, 6.07) is 8.37. The molecule has 0 spiro atoms. The maximum Gasteiger partial charge on any atom is 0.358 e. The zero-order valence-electron chi connectivity index (χ0n) is 19.4. The Morgan fingerprint density at radius 2 is 1.91 bits per heavy atom. The fraction of sp³-hybridized carbons (Fsp3) is 0.478. The molecule has 10 heteroatoms. The topological polar surface area (TPSA) is 112 Å². The highest BCUT2D eigenvalue weighted by molar-refractivity contribution is 6.12. The second-order valence-corrected chi connectivity index (χ2v) is 7.74. The van der Waals surface area contributed by atoms with Gasteiger partial charge in [-0.05, 0) is 51.5 Å². The van der Waals surface area contributed by atoms with E-state index in [1.165, 1.54) is 15.6 Å². The Labute approximate surface area is 192 Å². The lowest BCUT2D eigenvalue weighted by atomic mass is 9.94. The molecule has 1 atom stereocenters. The highest BCUT2D eigenvalue weighted by atomic mass is 16.5. The monoisotopic (exact) mass is 458 g/mol. The number of carbonyl (C=O) groups is 3. The SMILES string of the molecule is CCOC(=O)c1cc2n(n1)CC(C)(C(=O)NCCCOC)N(c1ccc(OCC)cc1)C2=O. The number of nitrogens with one attached hydrogen (secondary N) is 1. The molecule has 2 heterocycles. The summed E-state index contributed by atoms with van der Waals surface area (Å²) in [6.45, 7) is 6.93. The number of aromatic nitrogens is 2. The second kappa shape index (κ2) is 10.5. The zero-order valence-corrected chi connectivity index (χ0v) is 19.4. The van der Waals surface area contributed by atoms with Crippen LogP contribution in [0.3, 0.4) is 0 Å². The van der Waals surface area contributed by atoms with Gasteiger partial charge in [0.2, 0.25) is 5.91 Å². The van der Waals surface area contributed by atoms with Crippen LogP contribution in [-0.4, -0.2) is 66.6 Å². The lowest BCUT2D eigenvalue weighted by Crippen LogP contribution is -2.64. The van der Waals surface area contributed by atoms with Gasteiger partial charge in [0, 0.05) is 32.0 Å². The van der Waals surface area contributed by atoms with Crippen LogP contribution >= 0.6 is 0 Å². The summed E-state index contributed by atoms with van der Waals surface area (Å²) in [6.07, 6.45) is 0.634. The fourth-order valence-electron chi connectivity index (χ4n) is 3.76. The van der Waals surface area contributed by atoms with Crippen LogP contribution in [0.2, 0.25) is 0 Å². The summed E-state index contributed by atoms with van der Waals surface area (Å²) in [5.41, 5.74) is -0.529. The largest absolute Gasteiger partial charge is 0.494 e. The molecular formula is C23H30N4O6. The van der Waals surface area contributed by atoms with E-state index in [-0.39, 0.29) is 30.4 Å². The predicted molar refractivity (Wildman–Crippen MR) is 121 cm³/mol. The first-order valence-corrected chi connectivity index (χ1v) is 10.9. The van der Waals surface area contributed by atoms with Gasteiger partial charge in [0.05, 0.1) is 19.8 Å². The Morgan fingerprint density at radius 1 is 1.18 bits per heavy atom. The van der Waals surface area contributed by atoms with Crippen molar-refractivity contribution < 1.29 is 28.6 Å². The number of esters is 1. The minimum Gasteiger partial charge on any atom is -0.494 e. The summed E-state index contributed by atoms with van der Waals surface area (Å²) in [7, 11) is 1.59. The van der Waals surface area contributed by atoms with Crippen LogP contribution < -0.4 is 15.0 Å². The molecule has 1 N–H and O–H groups in total. The van der Waals surface area contributed by atoms with Gasteiger partial charge >= 0.3 is 5.97 Å². The summed E-state index contributed by atoms with van der Waals surface area (Å²) in [5.74, 6) is -0.737. The van der Waals surface area contributed by atoms with Gasteiger partial charge in [0.1, 0.15) is 17.0 Å². The van der Waals surface area contributed by atoms with Crippen molar-refractivity contribution in [3.05, 3.63) is 41.7 Å². The maximum atomic E-state index is 13.6. The molecule has 10 nitrogen and oxygen atoms in total. The molecule has 178 valence electrons. The smallest absolute Gasteiger partial charge is 0.358 e. The van der Waals surface area contributed by atoms with Crippen molar-refractivity contribution in [1.29, 1.82) is 0 Å². The molecule has 2 amide bonds. The molecule has 33 heavy (non-hydrogen) atoms. The van der Waals surface area contributed by atoms with Gasteiger partial charge < -0.3 is 19.5 Å². The summed E-state index contributed by atoms with van der Waals surface area (Å²) >= 11 is 0. The average molecular weight is 459 g/mol. The molecule has 0 aliphatic carbocycles. The highest BCUT2D eigenvalue weighted by Gasteiger charge is 2.49. The first kappa shape index (κ1) is 24.2. The van der Waals surface area contributed by atoms with Gasteiger partial charge in [-0.2, -0.15) is 5.10 Å². The average Bonchev–Trinajstić information content (AvgIpc) is 3.22. The number of amides is 2. The molecule has 0 saturated heterocycles. The third-order valence-corrected chi connectivity index (χ3v) is 5.34. The number of hydrogen-bond donors (Lipinski definition) is 1. The van der Waals surface area contributed by atoms with E-state index in [1.807, 2.05) is 6.92 Å². The number of carbonyl (C=O) groups excluding carboxylic acids is 3. The molecule has 0 bridgehead atoms. The van der Waals surface area contributed by atoms with E-state index < -0.39 is 17.4 Å². The standard InChI is InChI=1S/C23H30N4O6/c1-5-32-17-10-8-16(9-11-17)27-20(28)19-14-18(21(29)33-6-2)25-26(19)15-23(27,3)22(30)24-12-7-13-31-4/h8-11,14H,5-7,12-13,15H2,1-4H3,(H,24,30). The number of ether oxygens (including phenoxy) is 3. The highest BCUT2D eigenvalue weighted by Crippen LogP contribution is 2.33. The van der Waals surface area contributed by atoms with Crippen LogP contribution in [0.25, 0.3) is 0 Å². The Balaban J connectivity index is 1.99. The number of anilines is 1. The molecule has 2 aromatic rings. The third-order valence-electron chi connectivity index (χ3n) is 5.34. The number of rotatable bonds is 10. The van der Waals surface area contributed by atoms with Crippen LogP contribution in [0.15, 0.2) is 30.3 Å². The lowest BCUT2D eigenvalue weighted by molar-refractivity contribution is -0.126. The lowest BCUT2D eigenvalue weighted by Gasteiger charge is -2.43. The molecule has 1 aromatic heterocycles. The van der Waals surface area contributed by atoms with E-state index in [9.17, 15) is 14.4 Å². The number of benzene rings is 1. The molecule has 0 radical (unpaired) electrons. The van der Waals surface area contributed by atoms with E-state index >= 15 is 0 Å². The van der Waals surface area contributed by atoms with Crippen molar-refractivity contribution in [2.45, 2.75) is 39.3 Å². The van der Waals surface area contributed by atoms with E-state index in [1.54, 1.807) is 45.2 Å². The summed E-state index contributed by atoms with van der Waals surface area (Å²) < 4.78 is 17.0. The predicted octanol–water partition coefficient (Wildman–Crippen LogP) is 2.03. The zero-order chi connectivity index (χ0) is 24.0. The molecule has 3 rings (SSSR count). The molecule has 1 aliphatic heterocycles. The van der Waals surface area contributed by atoms with Crippen LogP contribution in [-0.2, 0) is 20.8 Å². The van der Waals surface area contributed by atoms with Crippen molar-refractivity contribution in [2.75, 3.05) is 38.4 Å². The molecule has 0 saturated carbocycles. The molecule has 1 unspecified atom stereocenters. The Bertz CT molecular complexity index is 1000. The second-order valence-electron chi connectivity index (χ2n) is 7.74. The van der Waals surface area contributed by atoms with E-state index in [0.29, 0.717) is 37.6 Å². The van der Waals surface area contributed by atoms with Gasteiger partial charge in [-0.25, -0.2) is 4.79 Å². The third kappa shape index (κ3) is 5.00. The van der Waals surface area contributed by atoms with Crippen LogP contribution in [0.1, 0.15) is 48.2 Å². The summed E-state index contributed by atoms with van der Waals surface area (Å²) in [4.78, 5) is 40.6. The minimum atomic E-state index is -1.29. The quantitative estimate of drug-likeness (QED) is 0.428. The molecule has 0 fully saturated rings. The number of fused-ring (bicyclic) bond motifs is 1. The van der Waals surface area contributed by atoms with Gasteiger partial charge in [-0.3, -0.25) is 19.2 Å². The maximum absolute atomic E-state index is 13.6. The normalized spacial score (nSPS) is 17.5. The molecular weight excluding hydrogens is 428 g/mol. The van der Waals surface area contributed by atoms with Gasteiger partial charge in [0.15, 0.2) is 5.69 Å². The van der Waals surface area contributed by atoms with Crippen LogP contribution in [0.4, 0.5) is 5.69 Å². The van der Waals surface area contributed by atoms with Gasteiger partial charge in [-0.15, -0.1) is 0 Å². The van der Waals surface area contributed by atoms with Crippen molar-refractivity contribution >= 4 is 23.5 Å². The van der Waals surface area contributed by atoms with E-state index in [4.69, 9.17) is 14.2 Å². The van der Waals surface area contributed by atoms with Crippen molar-refractivity contribution in [3.63, 3.8) is 0 Å². The van der Waals surface area contributed by atoms with Crippen LogP contribution in [0, 0.1) is 0 Å². The Morgan fingerprint density at radius 3 is 2.55 bits per heavy atom. The Kier molecular flexibility index (Phi) is 7.70. The number of methoxy groups -OCH3 is 1. The van der Waals surface area contributed by atoms with Gasteiger partial charge in [0.25, 0.3) is 5.91 Å². The first-order chi connectivity index (χ1) is 15.8. The number of hydrogen-bond acceptors (Lipinski definition) is 7.